The number of aromatic nitrogens is 3. The van der Waals surface area contributed by atoms with Crippen molar-refractivity contribution in [2.45, 2.75) is 25.2 Å². The van der Waals surface area contributed by atoms with Gasteiger partial charge < -0.3 is 5.32 Å². The monoisotopic (exact) mass is 242 g/mol. The molecule has 0 aliphatic heterocycles. The van der Waals surface area contributed by atoms with Crippen LogP contribution < -0.4 is 5.32 Å². The van der Waals surface area contributed by atoms with Crippen molar-refractivity contribution >= 4 is 11.7 Å². The third-order valence-corrected chi connectivity index (χ3v) is 2.95. The van der Waals surface area contributed by atoms with Gasteiger partial charge in [-0.2, -0.15) is 5.10 Å². The number of rotatable bonds is 4. The van der Waals surface area contributed by atoms with E-state index < -0.39 is 0 Å². The zero-order valence-corrected chi connectivity index (χ0v) is 9.89. The van der Waals surface area contributed by atoms with Crippen LogP contribution in [0.3, 0.4) is 0 Å². The van der Waals surface area contributed by atoms with E-state index in [1.807, 2.05) is 18.2 Å². The van der Waals surface area contributed by atoms with Crippen LogP contribution in [0.15, 0.2) is 30.6 Å². The highest BCUT2D eigenvalue weighted by molar-refractivity contribution is 5.91. The van der Waals surface area contributed by atoms with E-state index in [9.17, 15) is 4.79 Å². The molecule has 1 fully saturated rings. The van der Waals surface area contributed by atoms with Crippen molar-refractivity contribution < 1.29 is 4.79 Å². The first kappa shape index (κ1) is 11.0. The number of amides is 1. The molecule has 1 saturated carbocycles. The zero-order chi connectivity index (χ0) is 12.4. The Balaban J connectivity index is 1.59. The standard InChI is InChI=1S/C13H14N4O/c18-13(6-9-2-1-5-14-8-9)15-12-7-11(16-17-12)10-3-4-10/h1-2,5,7-8,10H,3-4,6H2,(H2,15,16,17,18). The van der Waals surface area contributed by atoms with E-state index in [0.717, 1.165) is 11.3 Å². The van der Waals surface area contributed by atoms with Crippen molar-refractivity contribution in [2.24, 2.45) is 0 Å². The summed E-state index contributed by atoms with van der Waals surface area (Å²) >= 11 is 0. The number of aromatic amines is 1. The molecular formula is C13H14N4O. The molecule has 2 aromatic rings. The summed E-state index contributed by atoms with van der Waals surface area (Å²) < 4.78 is 0. The van der Waals surface area contributed by atoms with Crippen LogP contribution in [0.4, 0.5) is 5.82 Å². The Morgan fingerprint density at radius 3 is 3.11 bits per heavy atom. The minimum Gasteiger partial charge on any atom is -0.311 e. The molecule has 0 spiro atoms. The smallest absolute Gasteiger partial charge is 0.229 e. The first-order valence-electron chi connectivity index (χ1n) is 6.05. The Hall–Kier alpha value is -2.17. The van der Waals surface area contributed by atoms with Gasteiger partial charge in [-0.15, -0.1) is 0 Å². The second-order valence-corrected chi connectivity index (χ2v) is 4.57. The van der Waals surface area contributed by atoms with Crippen LogP contribution in [0.2, 0.25) is 0 Å². The molecule has 1 aliphatic carbocycles. The maximum atomic E-state index is 11.8. The van der Waals surface area contributed by atoms with Gasteiger partial charge in [0.25, 0.3) is 0 Å². The lowest BCUT2D eigenvalue weighted by molar-refractivity contribution is -0.115. The fourth-order valence-corrected chi connectivity index (χ4v) is 1.87. The topological polar surface area (TPSA) is 70.7 Å². The quantitative estimate of drug-likeness (QED) is 0.859. The van der Waals surface area contributed by atoms with Crippen molar-refractivity contribution in [3.63, 3.8) is 0 Å². The third-order valence-electron chi connectivity index (χ3n) is 2.95. The number of carbonyl (C=O) groups excluding carboxylic acids is 1. The van der Waals surface area contributed by atoms with Crippen molar-refractivity contribution in [1.82, 2.24) is 15.2 Å². The van der Waals surface area contributed by atoms with Crippen molar-refractivity contribution in [1.29, 1.82) is 0 Å². The average Bonchev–Trinajstić information content (AvgIpc) is 3.12. The maximum Gasteiger partial charge on any atom is 0.229 e. The van der Waals surface area contributed by atoms with Gasteiger partial charge in [-0.25, -0.2) is 0 Å². The molecule has 2 N–H and O–H groups in total. The van der Waals surface area contributed by atoms with Crippen LogP contribution in [-0.4, -0.2) is 21.1 Å². The molecule has 5 nitrogen and oxygen atoms in total. The van der Waals surface area contributed by atoms with Crippen molar-refractivity contribution in [3.05, 3.63) is 41.9 Å². The highest BCUT2D eigenvalue weighted by Crippen LogP contribution is 2.39. The number of hydrogen-bond donors (Lipinski definition) is 2. The summed E-state index contributed by atoms with van der Waals surface area (Å²) in [5.41, 5.74) is 1.95. The van der Waals surface area contributed by atoms with E-state index in [0.29, 0.717) is 18.2 Å². The van der Waals surface area contributed by atoms with Gasteiger partial charge in [0.2, 0.25) is 5.91 Å². The zero-order valence-electron chi connectivity index (χ0n) is 9.89. The van der Waals surface area contributed by atoms with Crippen LogP contribution in [0, 0.1) is 0 Å². The molecular weight excluding hydrogens is 228 g/mol. The minimum atomic E-state index is -0.0611. The van der Waals surface area contributed by atoms with Gasteiger partial charge in [-0.1, -0.05) is 6.07 Å². The predicted molar refractivity (Wildman–Crippen MR) is 67.1 cm³/mol. The Morgan fingerprint density at radius 2 is 2.39 bits per heavy atom. The van der Waals surface area contributed by atoms with E-state index in [4.69, 9.17) is 0 Å². The van der Waals surface area contributed by atoms with Crippen LogP contribution in [-0.2, 0) is 11.2 Å². The average molecular weight is 242 g/mol. The first-order valence-corrected chi connectivity index (χ1v) is 6.05. The molecule has 1 amide bonds. The summed E-state index contributed by atoms with van der Waals surface area (Å²) in [6.07, 6.45) is 6.12. The maximum absolute atomic E-state index is 11.8. The summed E-state index contributed by atoms with van der Waals surface area (Å²) in [7, 11) is 0. The van der Waals surface area contributed by atoms with E-state index in [-0.39, 0.29) is 5.91 Å². The van der Waals surface area contributed by atoms with E-state index in [1.54, 1.807) is 12.4 Å². The number of pyridine rings is 1. The molecule has 92 valence electrons. The number of nitrogens with zero attached hydrogens (tertiary/aromatic N) is 2. The Kier molecular flexibility index (Phi) is 2.80. The molecule has 18 heavy (non-hydrogen) atoms. The molecule has 0 atom stereocenters. The van der Waals surface area contributed by atoms with Gasteiger partial charge in [-0.3, -0.25) is 14.9 Å². The lowest BCUT2D eigenvalue weighted by atomic mass is 10.2. The summed E-state index contributed by atoms with van der Waals surface area (Å²) in [6.45, 7) is 0. The van der Waals surface area contributed by atoms with E-state index >= 15 is 0 Å². The van der Waals surface area contributed by atoms with Crippen LogP contribution in [0.25, 0.3) is 0 Å². The van der Waals surface area contributed by atoms with Gasteiger partial charge in [0, 0.05) is 24.4 Å². The van der Waals surface area contributed by atoms with Crippen molar-refractivity contribution in [3.8, 4) is 0 Å². The van der Waals surface area contributed by atoms with Gasteiger partial charge in [0.15, 0.2) is 0 Å². The first-order chi connectivity index (χ1) is 8.81. The highest BCUT2D eigenvalue weighted by atomic mass is 16.1. The molecule has 3 rings (SSSR count). The molecule has 5 heteroatoms. The SMILES string of the molecule is O=C(Cc1cccnc1)Nc1cc(C2CC2)n[nH]1. The van der Waals surface area contributed by atoms with Gasteiger partial charge in [-0.05, 0) is 24.5 Å². The lowest BCUT2D eigenvalue weighted by Crippen LogP contribution is -2.14. The summed E-state index contributed by atoms with van der Waals surface area (Å²) in [5.74, 6) is 1.20. The summed E-state index contributed by atoms with van der Waals surface area (Å²) in [4.78, 5) is 15.8. The van der Waals surface area contributed by atoms with Gasteiger partial charge in [0.1, 0.15) is 5.82 Å². The second-order valence-electron chi connectivity index (χ2n) is 4.57. The fraction of sp³-hybridized carbons (Fsp3) is 0.308. The van der Waals surface area contributed by atoms with E-state index in [1.165, 1.54) is 12.8 Å². The molecule has 0 aromatic carbocycles. The van der Waals surface area contributed by atoms with E-state index in [2.05, 4.69) is 20.5 Å². The summed E-state index contributed by atoms with van der Waals surface area (Å²) in [5, 5.41) is 9.84. The molecule has 0 saturated heterocycles. The molecule has 2 aromatic heterocycles. The van der Waals surface area contributed by atoms with Crippen LogP contribution >= 0.6 is 0 Å². The second kappa shape index (κ2) is 4.60. The lowest BCUT2D eigenvalue weighted by Gasteiger charge is -2.01. The molecule has 2 heterocycles. The van der Waals surface area contributed by atoms with Crippen LogP contribution in [0.1, 0.15) is 30.0 Å². The normalized spacial score (nSPS) is 14.4. The van der Waals surface area contributed by atoms with Gasteiger partial charge in [0.05, 0.1) is 12.1 Å². The molecule has 0 bridgehead atoms. The number of H-pyrrole nitrogens is 1. The molecule has 1 aliphatic rings. The summed E-state index contributed by atoms with van der Waals surface area (Å²) in [6, 6.07) is 5.62. The largest absolute Gasteiger partial charge is 0.311 e. The number of hydrogen-bond acceptors (Lipinski definition) is 3. The minimum absolute atomic E-state index is 0.0611. The third kappa shape index (κ3) is 2.56. The Bertz CT molecular complexity index is 545. The number of anilines is 1. The predicted octanol–water partition coefficient (Wildman–Crippen LogP) is 1.86. The Labute approximate surface area is 105 Å². The van der Waals surface area contributed by atoms with Gasteiger partial charge >= 0.3 is 0 Å². The molecule has 0 radical (unpaired) electrons. The fourth-order valence-electron chi connectivity index (χ4n) is 1.87. The molecule has 0 unspecified atom stereocenters. The van der Waals surface area contributed by atoms with Crippen molar-refractivity contribution in [2.75, 3.05) is 5.32 Å². The number of carbonyl (C=O) groups is 1. The number of nitrogens with one attached hydrogen (secondary N) is 2. The van der Waals surface area contributed by atoms with Crippen LogP contribution in [0.5, 0.6) is 0 Å². The Morgan fingerprint density at radius 1 is 1.50 bits per heavy atom. The highest BCUT2D eigenvalue weighted by Gasteiger charge is 2.26.